The molecule has 0 unspecified atom stereocenters. The fourth-order valence-electron chi connectivity index (χ4n) is 9.68. The maximum Gasteiger partial charge on any atom is 0.410 e. The average Bonchev–Trinajstić information content (AvgIpc) is 3.75. The van der Waals surface area contributed by atoms with Crippen LogP contribution in [0.2, 0.25) is 0 Å². The third kappa shape index (κ3) is 6.03. The first kappa shape index (κ1) is 35.2. The van der Waals surface area contributed by atoms with Crippen LogP contribution in [0.3, 0.4) is 0 Å². The van der Waals surface area contributed by atoms with Crippen LogP contribution in [0.25, 0.3) is 32.9 Å². The third-order valence-corrected chi connectivity index (χ3v) is 11.9. The largest absolute Gasteiger partial charge is 0.475 e. The number of alkyl halides is 1. The Bertz CT molecular complexity index is 2110. The number of hydrogen-bond donors (Lipinski definition) is 0. The lowest BCUT2D eigenvalue weighted by atomic mass is 9.95. The number of nitrogens with zero attached hydrogens (tertiary/aromatic N) is 6. The molecule has 5 aliphatic rings. The van der Waals surface area contributed by atoms with Crippen molar-refractivity contribution in [3.8, 4) is 28.9 Å². The summed E-state index contributed by atoms with van der Waals surface area (Å²) in [4.78, 5) is 35.4. The zero-order valence-electron chi connectivity index (χ0n) is 31.8. The van der Waals surface area contributed by atoms with E-state index in [2.05, 4.69) is 34.9 Å². The fraction of sp³-hybridized carbons (Fsp3) is 0.561. The second-order valence-corrected chi connectivity index (χ2v) is 16.5. The minimum absolute atomic E-state index is 0.0520. The van der Waals surface area contributed by atoms with Crippen molar-refractivity contribution in [2.75, 3.05) is 51.7 Å². The molecule has 286 valence electrons. The number of hydrogen-bond acceptors (Lipinski definition) is 11. The number of carbonyl (C=O) groups is 1. The van der Waals surface area contributed by atoms with Crippen molar-refractivity contribution >= 4 is 33.6 Å². The number of pyridine rings is 1. The molecule has 2 bridgehead atoms. The number of anilines is 1. The molecule has 0 saturated carbocycles. The van der Waals surface area contributed by atoms with Crippen molar-refractivity contribution in [2.45, 2.75) is 102 Å². The first-order valence-corrected chi connectivity index (χ1v) is 19.4. The molecule has 4 aromatic rings. The van der Waals surface area contributed by atoms with E-state index in [9.17, 15) is 9.18 Å². The lowest BCUT2D eigenvalue weighted by Crippen LogP contribution is -2.63. The van der Waals surface area contributed by atoms with Crippen LogP contribution in [0.5, 0.6) is 17.6 Å². The predicted octanol–water partition coefficient (Wildman–Crippen LogP) is 6.69. The molecule has 2 aromatic carbocycles. The quantitative estimate of drug-likeness (QED) is 0.180. The topological polar surface area (TPSA) is 112 Å². The minimum atomic E-state index is -0.867. The summed E-state index contributed by atoms with van der Waals surface area (Å²) in [5, 5.41) is 2.81. The standard InChI is InChI=1S/C41H49FN6O6/c1-6-24-9-7-10-25-15-28(53-23-50-5)16-29(34(24)25)30-17-31-35-36(45-38(44-31)52-22-41-13-8-14-46(41)19-26(42)18-41)47-20-27-11-12-32(33(47)21-51-37(35)43-30)48(27)39(49)54-40(2,3)4/h7,9-10,15-17,26-27,32-33H,6,8,11-14,18-23H2,1-5H3/t26-,27-,32+,33-,41+/m0/s1. The number of carbonyl (C=O) groups excluding carboxylic acids is 1. The molecule has 0 N–H and O–H groups in total. The molecule has 12 nitrogen and oxygen atoms in total. The molecule has 1 amide bonds. The van der Waals surface area contributed by atoms with Crippen molar-refractivity contribution in [3.05, 3.63) is 42.0 Å². The molecule has 7 heterocycles. The van der Waals surface area contributed by atoms with Gasteiger partial charge in [-0.15, -0.1) is 0 Å². The second-order valence-electron chi connectivity index (χ2n) is 16.5. The number of halogens is 1. The van der Waals surface area contributed by atoms with Crippen LogP contribution < -0.4 is 19.1 Å². The van der Waals surface area contributed by atoms with Gasteiger partial charge < -0.3 is 28.6 Å². The number of amides is 1. The van der Waals surface area contributed by atoms with Crippen molar-refractivity contribution in [1.82, 2.24) is 24.8 Å². The van der Waals surface area contributed by atoms with E-state index in [-0.39, 0.29) is 42.6 Å². The summed E-state index contributed by atoms with van der Waals surface area (Å²) >= 11 is 0. The van der Waals surface area contributed by atoms with Crippen LogP contribution >= 0.6 is 0 Å². The number of fused-ring (bicyclic) bond motifs is 7. The number of ether oxygens (including phenoxy) is 5. The molecular formula is C41H49FN6O6. The van der Waals surface area contributed by atoms with Gasteiger partial charge in [0, 0.05) is 32.2 Å². The Balaban J connectivity index is 1.17. The van der Waals surface area contributed by atoms with E-state index in [0.29, 0.717) is 66.8 Å². The molecule has 0 spiro atoms. The third-order valence-electron chi connectivity index (χ3n) is 11.9. The molecule has 4 fully saturated rings. The van der Waals surface area contributed by atoms with E-state index in [1.165, 1.54) is 5.56 Å². The highest BCUT2D eigenvalue weighted by Gasteiger charge is 2.52. The van der Waals surface area contributed by atoms with Crippen LogP contribution in [-0.2, 0) is 15.9 Å². The normalized spacial score (nSPS) is 26.1. The van der Waals surface area contributed by atoms with Gasteiger partial charge in [0.15, 0.2) is 6.79 Å². The van der Waals surface area contributed by atoms with Gasteiger partial charge in [0.1, 0.15) is 41.9 Å². The molecule has 4 saturated heterocycles. The summed E-state index contributed by atoms with van der Waals surface area (Å²) in [6, 6.07) is 12.1. The summed E-state index contributed by atoms with van der Waals surface area (Å²) in [5.41, 5.74) is 2.41. The number of aromatic nitrogens is 3. The highest BCUT2D eigenvalue weighted by atomic mass is 19.1. The maximum absolute atomic E-state index is 14.7. The van der Waals surface area contributed by atoms with E-state index in [0.717, 1.165) is 55.0 Å². The van der Waals surface area contributed by atoms with Gasteiger partial charge in [-0.25, -0.2) is 14.2 Å². The zero-order valence-corrected chi connectivity index (χ0v) is 31.8. The van der Waals surface area contributed by atoms with Crippen molar-refractivity contribution < 1.29 is 32.9 Å². The highest BCUT2D eigenvalue weighted by molar-refractivity contribution is 6.03. The number of rotatable bonds is 8. The van der Waals surface area contributed by atoms with Gasteiger partial charge in [0.25, 0.3) is 0 Å². The van der Waals surface area contributed by atoms with Gasteiger partial charge in [-0.1, -0.05) is 25.1 Å². The molecule has 5 aliphatic heterocycles. The van der Waals surface area contributed by atoms with Crippen LogP contribution in [0.4, 0.5) is 15.0 Å². The van der Waals surface area contributed by atoms with E-state index in [1.54, 1.807) is 7.11 Å². The molecule has 9 rings (SSSR count). The van der Waals surface area contributed by atoms with E-state index < -0.39 is 11.8 Å². The van der Waals surface area contributed by atoms with Crippen LogP contribution in [-0.4, -0.2) is 113 Å². The lowest BCUT2D eigenvalue weighted by molar-refractivity contribution is 0.00537. The molecular weight excluding hydrogens is 691 g/mol. The maximum atomic E-state index is 14.7. The number of aryl methyl sites for hydroxylation is 1. The Labute approximate surface area is 314 Å². The number of benzene rings is 2. The molecule has 0 radical (unpaired) electrons. The highest BCUT2D eigenvalue weighted by Crippen LogP contribution is 2.46. The van der Waals surface area contributed by atoms with Gasteiger partial charge in [-0.05, 0) is 94.0 Å². The number of piperazine rings is 1. The smallest absolute Gasteiger partial charge is 0.410 e. The van der Waals surface area contributed by atoms with Crippen LogP contribution in [0.15, 0.2) is 36.4 Å². The molecule has 5 atom stereocenters. The molecule has 0 aliphatic carbocycles. The fourth-order valence-corrected chi connectivity index (χ4v) is 9.68. The lowest BCUT2D eigenvalue weighted by Gasteiger charge is -2.46. The van der Waals surface area contributed by atoms with E-state index in [4.69, 9.17) is 38.6 Å². The van der Waals surface area contributed by atoms with Crippen LogP contribution in [0.1, 0.15) is 65.4 Å². The summed E-state index contributed by atoms with van der Waals surface area (Å²) in [6.07, 6.45) is 3.69. The van der Waals surface area contributed by atoms with Gasteiger partial charge in [-0.3, -0.25) is 9.80 Å². The minimum Gasteiger partial charge on any atom is -0.475 e. The van der Waals surface area contributed by atoms with Crippen LogP contribution in [0, 0.1) is 0 Å². The number of methoxy groups -OCH3 is 1. The van der Waals surface area contributed by atoms with Crippen molar-refractivity contribution in [2.24, 2.45) is 0 Å². The van der Waals surface area contributed by atoms with E-state index >= 15 is 0 Å². The van der Waals surface area contributed by atoms with Crippen molar-refractivity contribution in [1.29, 1.82) is 0 Å². The summed E-state index contributed by atoms with van der Waals surface area (Å²) in [5.74, 6) is 1.77. The Morgan fingerprint density at radius 3 is 2.74 bits per heavy atom. The van der Waals surface area contributed by atoms with Gasteiger partial charge >= 0.3 is 12.1 Å². The Kier molecular flexibility index (Phi) is 8.72. The predicted molar refractivity (Wildman–Crippen MR) is 202 cm³/mol. The van der Waals surface area contributed by atoms with Gasteiger partial charge in [0.05, 0.1) is 34.9 Å². The SMILES string of the molecule is CCc1cccc2cc(OCOC)cc(-c3cc4nc(OC[C@]56CCCN5C[C@@H](F)C6)nc5c4c(n3)OC[C@H]3[C@H]4CC[C@@H](CN53)N4C(=O)OC(C)(C)C)c12. The Morgan fingerprint density at radius 2 is 1.93 bits per heavy atom. The summed E-state index contributed by atoms with van der Waals surface area (Å²) < 4.78 is 45.1. The summed E-state index contributed by atoms with van der Waals surface area (Å²) in [7, 11) is 1.60. The average molecular weight is 741 g/mol. The summed E-state index contributed by atoms with van der Waals surface area (Å²) in [6.45, 7) is 10.4. The monoisotopic (exact) mass is 740 g/mol. The first-order chi connectivity index (χ1) is 26.0. The molecule has 13 heteroatoms. The Hall–Kier alpha value is -4.49. The zero-order chi connectivity index (χ0) is 37.4. The molecule has 2 aromatic heterocycles. The Morgan fingerprint density at radius 1 is 1.06 bits per heavy atom. The first-order valence-electron chi connectivity index (χ1n) is 19.4. The molecule has 54 heavy (non-hydrogen) atoms. The second kappa shape index (κ2) is 13.4. The van der Waals surface area contributed by atoms with Crippen molar-refractivity contribution in [3.63, 3.8) is 0 Å². The van der Waals surface area contributed by atoms with Gasteiger partial charge in [0.2, 0.25) is 5.88 Å². The van der Waals surface area contributed by atoms with Gasteiger partial charge in [-0.2, -0.15) is 9.97 Å². The van der Waals surface area contributed by atoms with E-state index in [1.807, 2.05) is 43.9 Å².